The third-order valence-corrected chi connectivity index (χ3v) is 2.27. The number of hydrazine groups is 1. The highest BCUT2D eigenvalue weighted by Gasteiger charge is 1.93. The van der Waals surface area contributed by atoms with Crippen LogP contribution >= 0.6 is 0 Å². The van der Waals surface area contributed by atoms with Gasteiger partial charge in [0.25, 0.3) is 0 Å². The molecule has 21 heavy (non-hydrogen) atoms. The molecule has 8 heteroatoms. The monoisotopic (exact) mass is 310 g/mol. The standard InChI is InChI=1S/C13H30N2O6/c1-14-15-2-4-17-6-8-19-10-12-21-13-11-20-9-7-18-5-3-16/h14-16H,2-13H2,1H3. The van der Waals surface area contributed by atoms with Gasteiger partial charge in [-0.3, -0.25) is 10.9 Å². The van der Waals surface area contributed by atoms with Gasteiger partial charge in [-0.1, -0.05) is 0 Å². The summed E-state index contributed by atoms with van der Waals surface area (Å²) in [6.07, 6.45) is 0. The van der Waals surface area contributed by atoms with Gasteiger partial charge in [0, 0.05) is 6.54 Å². The predicted octanol–water partition coefficient (Wildman–Crippen LogP) is -1.21. The van der Waals surface area contributed by atoms with Crippen molar-refractivity contribution in [2.45, 2.75) is 0 Å². The number of hydrogen-bond acceptors (Lipinski definition) is 8. The van der Waals surface area contributed by atoms with Gasteiger partial charge in [0.15, 0.2) is 0 Å². The van der Waals surface area contributed by atoms with Crippen LogP contribution in [0.2, 0.25) is 0 Å². The minimum absolute atomic E-state index is 0.0426. The van der Waals surface area contributed by atoms with Crippen LogP contribution in [-0.4, -0.2) is 91.4 Å². The van der Waals surface area contributed by atoms with E-state index in [-0.39, 0.29) is 6.61 Å². The van der Waals surface area contributed by atoms with Crippen LogP contribution in [0.3, 0.4) is 0 Å². The van der Waals surface area contributed by atoms with E-state index in [4.69, 9.17) is 28.8 Å². The van der Waals surface area contributed by atoms with Gasteiger partial charge >= 0.3 is 0 Å². The molecule has 0 saturated carbocycles. The fourth-order valence-electron chi connectivity index (χ4n) is 1.29. The van der Waals surface area contributed by atoms with Crippen LogP contribution in [-0.2, 0) is 23.7 Å². The second-order valence-corrected chi connectivity index (χ2v) is 3.96. The van der Waals surface area contributed by atoms with Crippen molar-refractivity contribution < 1.29 is 28.8 Å². The van der Waals surface area contributed by atoms with E-state index in [1.165, 1.54) is 0 Å². The molecule has 0 heterocycles. The summed E-state index contributed by atoms with van der Waals surface area (Å²) in [7, 11) is 1.82. The number of nitrogens with one attached hydrogen (secondary N) is 2. The van der Waals surface area contributed by atoms with E-state index < -0.39 is 0 Å². The molecule has 0 aliphatic carbocycles. The van der Waals surface area contributed by atoms with Gasteiger partial charge < -0.3 is 28.8 Å². The Balaban J connectivity index is 2.90. The van der Waals surface area contributed by atoms with Crippen LogP contribution in [0.5, 0.6) is 0 Å². The Hall–Kier alpha value is -0.320. The smallest absolute Gasteiger partial charge is 0.0701 e. The van der Waals surface area contributed by atoms with Crippen LogP contribution in [0, 0.1) is 0 Å². The highest BCUT2D eigenvalue weighted by molar-refractivity contribution is 4.38. The SMILES string of the molecule is CNNCCOCCOCCOCCOCCOCCO. The van der Waals surface area contributed by atoms with Gasteiger partial charge in [-0.25, -0.2) is 0 Å². The number of ether oxygens (including phenoxy) is 5. The van der Waals surface area contributed by atoms with Gasteiger partial charge in [-0.2, -0.15) is 0 Å². The molecule has 0 saturated heterocycles. The summed E-state index contributed by atoms with van der Waals surface area (Å²) < 4.78 is 26.3. The first-order valence-corrected chi connectivity index (χ1v) is 7.31. The van der Waals surface area contributed by atoms with Crippen molar-refractivity contribution in [2.75, 3.05) is 86.3 Å². The van der Waals surface area contributed by atoms with E-state index >= 15 is 0 Å². The molecular weight excluding hydrogens is 280 g/mol. The van der Waals surface area contributed by atoms with Gasteiger partial charge in [0.1, 0.15) is 0 Å². The average molecular weight is 310 g/mol. The minimum Gasteiger partial charge on any atom is -0.394 e. The lowest BCUT2D eigenvalue weighted by Gasteiger charge is -2.08. The van der Waals surface area contributed by atoms with Gasteiger partial charge in [-0.05, 0) is 7.05 Å². The van der Waals surface area contributed by atoms with Gasteiger partial charge in [0.2, 0.25) is 0 Å². The molecule has 0 aromatic carbocycles. The maximum absolute atomic E-state index is 8.48. The number of aliphatic hydroxyl groups excluding tert-OH is 1. The van der Waals surface area contributed by atoms with E-state index in [1.807, 2.05) is 7.05 Å². The first-order valence-electron chi connectivity index (χ1n) is 7.31. The van der Waals surface area contributed by atoms with Crippen LogP contribution < -0.4 is 10.9 Å². The van der Waals surface area contributed by atoms with E-state index in [0.717, 1.165) is 6.54 Å². The van der Waals surface area contributed by atoms with Crippen molar-refractivity contribution in [2.24, 2.45) is 0 Å². The molecule has 0 rings (SSSR count). The van der Waals surface area contributed by atoms with E-state index in [0.29, 0.717) is 66.1 Å². The zero-order chi connectivity index (χ0) is 15.4. The minimum atomic E-state index is 0.0426. The quantitative estimate of drug-likeness (QED) is 0.215. The Morgan fingerprint density at radius 3 is 1.38 bits per heavy atom. The molecule has 0 amide bonds. The molecule has 0 aromatic rings. The van der Waals surface area contributed by atoms with Crippen molar-refractivity contribution in [1.82, 2.24) is 10.9 Å². The Labute approximate surface area is 127 Å². The molecule has 3 N–H and O–H groups in total. The lowest BCUT2D eigenvalue weighted by molar-refractivity contribution is -0.0131. The molecule has 0 fully saturated rings. The summed E-state index contributed by atoms with van der Waals surface area (Å²) in [4.78, 5) is 0. The highest BCUT2D eigenvalue weighted by atomic mass is 16.6. The molecule has 0 aliphatic rings. The van der Waals surface area contributed by atoms with Crippen molar-refractivity contribution in [3.05, 3.63) is 0 Å². The molecule has 0 aromatic heterocycles. The van der Waals surface area contributed by atoms with Crippen LogP contribution in [0.25, 0.3) is 0 Å². The van der Waals surface area contributed by atoms with Crippen molar-refractivity contribution in [3.63, 3.8) is 0 Å². The first-order chi connectivity index (χ1) is 10.4. The fourth-order valence-corrected chi connectivity index (χ4v) is 1.29. The van der Waals surface area contributed by atoms with Gasteiger partial charge in [0.05, 0.1) is 72.7 Å². The lowest BCUT2D eigenvalue weighted by Crippen LogP contribution is -2.31. The highest BCUT2D eigenvalue weighted by Crippen LogP contribution is 1.83. The van der Waals surface area contributed by atoms with Crippen LogP contribution in [0.1, 0.15) is 0 Å². The van der Waals surface area contributed by atoms with E-state index in [2.05, 4.69) is 10.9 Å². The number of hydrogen-bond donors (Lipinski definition) is 3. The lowest BCUT2D eigenvalue weighted by atomic mass is 10.6. The Morgan fingerprint density at radius 1 is 0.619 bits per heavy atom. The Kier molecular flexibility index (Phi) is 19.4. The third kappa shape index (κ3) is 19.7. The molecule has 0 spiro atoms. The zero-order valence-electron chi connectivity index (χ0n) is 13.0. The molecule has 0 bridgehead atoms. The molecule has 0 radical (unpaired) electrons. The average Bonchev–Trinajstić information content (AvgIpc) is 2.50. The Morgan fingerprint density at radius 2 is 1.00 bits per heavy atom. The van der Waals surface area contributed by atoms with Crippen LogP contribution in [0.4, 0.5) is 0 Å². The maximum atomic E-state index is 8.48. The molecular formula is C13H30N2O6. The topological polar surface area (TPSA) is 90.4 Å². The summed E-state index contributed by atoms with van der Waals surface area (Å²) >= 11 is 0. The second-order valence-electron chi connectivity index (χ2n) is 3.96. The van der Waals surface area contributed by atoms with Crippen molar-refractivity contribution >= 4 is 0 Å². The fraction of sp³-hybridized carbons (Fsp3) is 1.00. The Bertz CT molecular complexity index is 170. The predicted molar refractivity (Wildman–Crippen MR) is 78.2 cm³/mol. The van der Waals surface area contributed by atoms with E-state index in [9.17, 15) is 0 Å². The second kappa shape index (κ2) is 19.7. The largest absolute Gasteiger partial charge is 0.394 e. The molecule has 0 atom stereocenters. The van der Waals surface area contributed by atoms with Crippen LogP contribution in [0.15, 0.2) is 0 Å². The third-order valence-electron chi connectivity index (χ3n) is 2.27. The molecule has 0 unspecified atom stereocenters. The summed E-state index contributed by atoms with van der Waals surface area (Å²) in [6.45, 7) is 6.15. The van der Waals surface area contributed by atoms with Gasteiger partial charge in [-0.15, -0.1) is 0 Å². The first kappa shape index (κ1) is 20.7. The van der Waals surface area contributed by atoms with Crippen molar-refractivity contribution in [1.29, 1.82) is 0 Å². The summed E-state index contributed by atoms with van der Waals surface area (Å²) in [5.41, 5.74) is 5.75. The summed E-state index contributed by atoms with van der Waals surface area (Å²) in [5, 5.41) is 8.48. The van der Waals surface area contributed by atoms with Crippen molar-refractivity contribution in [3.8, 4) is 0 Å². The zero-order valence-corrected chi connectivity index (χ0v) is 13.0. The van der Waals surface area contributed by atoms with E-state index in [1.54, 1.807) is 0 Å². The normalized spacial score (nSPS) is 11.1. The summed E-state index contributed by atoms with van der Waals surface area (Å²) in [6, 6.07) is 0. The molecule has 128 valence electrons. The summed E-state index contributed by atoms with van der Waals surface area (Å²) in [5.74, 6) is 0. The number of aliphatic hydroxyl groups is 1. The molecule has 8 nitrogen and oxygen atoms in total. The maximum Gasteiger partial charge on any atom is 0.0701 e. The molecule has 0 aliphatic heterocycles. The number of rotatable bonds is 18.